The Morgan fingerprint density at radius 3 is 2.62 bits per heavy atom. The third-order valence-electron chi connectivity index (χ3n) is 2.37. The van der Waals surface area contributed by atoms with E-state index in [2.05, 4.69) is 42.6 Å². The molecule has 0 spiro atoms. The predicted molar refractivity (Wildman–Crippen MR) is 61.1 cm³/mol. The summed E-state index contributed by atoms with van der Waals surface area (Å²) in [5.74, 6) is 1.38. The van der Waals surface area contributed by atoms with Crippen LogP contribution < -0.4 is 0 Å². The van der Waals surface area contributed by atoms with E-state index < -0.39 is 0 Å². The van der Waals surface area contributed by atoms with Gasteiger partial charge in [-0.15, -0.1) is 0 Å². The fourth-order valence-corrected chi connectivity index (χ4v) is 1.97. The lowest BCUT2D eigenvalue weighted by molar-refractivity contribution is 0.860. The van der Waals surface area contributed by atoms with Gasteiger partial charge in [-0.3, -0.25) is 0 Å². The van der Waals surface area contributed by atoms with Crippen molar-refractivity contribution in [3.05, 3.63) is 42.0 Å². The molecule has 1 heterocycles. The molecule has 0 radical (unpaired) electrons. The van der Waals surface area contributed by atoms with E-state index in [-0.39, 0.29) is 0 Å². The Labute approximate surface area is 84.0 Å². The smallest absolute Gasteiger partial charge is 0.0141 e. The lowest BCUT2D eigenvalue weighted by atomic mass is 10.1. The minimum atomic E-state index is 0.957. The van der Waals surface area contributed by atoms with E-state index in [0.29, 0.717) is 0 Å². The second kappa shape index (κ2) is 4.01. The second-order valence-electron chi connectivity index (χ2n) is 3.44. The van der Waals surface area contributed by atoms with Crippen LogP contribution in [0.2, 0.25) is 0 Å². The van der Waals surface area contributed by atoms with E-state index in [4.69, 9.17) is 0 Å². The number of hydrogen-bond acceptors (Lipinski definition) is 1. The van der Waals surface area contributed by atoms with Crippen LogP contribution in [0.3, 0.4) is 0 Å². The highest BCUT2D eigenvalue weighted by Crippen LogP contribution is 2.33. The Hall–Kier alpha value is -0.690. The summed E-state index contributed by atoms with van der Waals surface area (Å²) < 4.78 is 0. The predicted octanol–water partition coefficient (Wildman–Crippen LogP) is 3.38. The Balaban J connectivity index is 1.91. The lowest BCUT2D eigenvalue weighted by Crippen LogP contribution is -1.89. The monoisotopic (exact) mass is 190 g/mol. The molecular formula is C12H14S. The molecule has 1 atom stereocenters. The summed E-state index contributed by atoms with van der Waals surface area (Å²) >= 11 is 2.08. The van der Waals surface area contributed by atoms with Gasteiger partial charge in [0.05, 0.1) is 0 Å². The quantitative estimate of drug-likeness (QED) is 0.656. The van der Waals surface area contributed by atoms with Crippen LogP contribution in [-0.4, -0.2) is 11.0 Å². The van der Waals surface area contributed by atoms with Crippen molar-refractivity contribution < 1.29 is 0 Å². The van der Waals surface area contributed by atoms with Crippen molar-refractivity contribution >= 4 is 17.8 Å². The molecule has 1 aromatic rings. The van der Waals surface area contributed by atoms with Crippen molar-refractivity contribution in [2.75, 3.05) is 5.75 Å². The molecule has 13 heavy (non-hydrogen) atoms. The van der Waals surface area contributed by atoms with E-state index in [1.54, 1.807) is 0 Å². The topological polar surface area (TPSA) is 0 Å². The normalized spacial score (nSPS) is 19.8. The first kappa shape index (κ1) is 8.89. The number of benzene rings is 1. The maximum Gasteiger partial charge on any atom is 0.0141 e. The summed E-state index contributed by atoms with van der Waals surface area (Å²) in [7, 11) is 0. The molecule has 1 saturated heterocycles. The van der Waals surface area contributed by atoms with E-state index in [9.17, 15) is 0 Å². The Bertz CT molecular complexity index is 282. The first-order valence-electron chi connectivity index (χ1n) is 4.71. The number of rotatable bonds is 4. The van der Waals surface area contributed by atoms with Gasteiger partial charge in [-0.05, 0) is 24.0 Å². The van der Waals surface area contributed by atoms with E-state index in [1.165, 1.54) is 29.7 Å². The second-order valence-corrected chi connectivity index (χ2v) is 4.77. The minimum Gasteiger partial charge on any atom is -0.157 e. The third kappa shape index (κ3) is 2.63. The van der Waals surface area contributed by atoms with Crippen molar-refractivity contribution in [1.82, 2.24) is 0 Å². The molecular weight excluding hydrogens is 176 g/mol. The Morgan fingerprint density at radius 2 is 2.08 bits per heavy atom. The van der Waals surface area contributed by atoms with Gasteiger partial charge >= 0.3 is 0 Å². The van der Waals surface area contributed by atoms with Crippen LogP contribution >= 0.6 is 11.8 Å². The summed E-state index contributed by atoms with van der Waals surface area (Å²) in [5.41, 5.74) is 2.67. The molecule has 0 bridgehead atoms. The SMILES string of the molecule is C=Cc1ccc(CCC2CS2)cc1. The lowest BCUT2D eigenvalue weighted by Gasteiger charge is -1.99. The van der Waals surface area contributed by atoms with Gasteiger partial charge in [-0.2, -0.15) is 11.8 Å². The molecule has 0 aliphatic carbocycles. The van der Waals surface area contributed by atoms with Gasteiger partial charge in [0.15, 0.2) is 0 Å². The minimum absolute atomic E-state index is 0.957. The average Bonchev–Trinajstić information content (AvgIpc) is 2.99. The maximum absolute atomic E-state index is 3.74. The van der Waals surface area contributed by atoms with Crippen molar-refractivity contribution in [1.29, 1.82) is 0 Å². The fraction of sp³-hybridized carbons (Fsp3) is 0.333. The van der Waals surface area contributed by atoms with Crippen LogP contribution in [0.15, 0.2) is 30.8 Å². The van der Waals surface area contributed by atoms with Crippen LogP contribution in [0.5, 0.6) is 0 Å². The molecule has 0 saturated carbocycles. The highest BCUT2D eigenvalue weighted by Gasteiger charge is 2.21. The Morgan fingerprint density at radius 1 is 1.38 bits per heavy atom. The molecule has 0 nitrogen and oxygen atoms in total. The van der Waals surface area contributed by atoms with E-state index in [1.807, 2.05) is 6.08 Å². The summed E-state index contributed by atoms with van der Waals surface area (Å²) in [5, 5.41) is 0.957. The Kier molecular flexibility index (Phi) is 2.74. The molecule has 1 unspecified atom stereocenters. The first-order chi connectivity index (χ1) is 6.38. The summed E-state index contributed by atoms with van der Waals surface area (Å²) in [6.45, 7) is 3.74. The van der Waals surface area contributed by atoms with Crippen LogP contribution in [0, 0.1) is 0 Å². The van der Waals surface area contributed by atoms with Crippen molar-refractivity contribution in [2.45, 2.75) is 18.1 Å². The fourth-order valence-electron chi connectivity index (χ4n) is 1.38. The van der Waals surface area contributed by atoms with Gasteiger partial charge in [0.1, 0.15) is 0 Å². The highest BCUT2D eigenvalue weighted by atomic mass is 32.2. The van der Waals surface area contributed by atoms with Crippen LogP contribution in [0.4, 0.5) is 0 Å². The summed E-state index contributed by atoms with van der Waals surface area (Å²) in [4.78, 5) is 0. The molecule has 1 aliphatic rings. The van der Waals surface area contributed by atoms with Crippen LogP contribution in [0.25, 0.3) is 6.08 Å². The molecule has 1 aromatic carbocycles. The van der Waals surface area contributed by atoms with E-state index >= 15 is 0 Å². The van der Waals surface area contributed by atoms with Gasteiger partial charge < -0.3 is 0 Å². The molecule has 0 N–H and O–H groups in total. The zero-order valence-electron chi connectivity index (χ0n) is 7.70. The van der Waals surface area contributed by atoms with Crippen LogP contribution in [0.1, 0.15) is 17.5 Å². The van der Waals surface area contributed by atoms with E-state index in [0.717, 1.165) is 5.25 Å². The molecule has 1 heteroatoms. The van der Waals surface area contributed by atoms with Gasteiger partial charge in [-0.1, -0.05) is 36.9 Å². The van der Waals surface area contributed by atoms with Gasteiger partial charge in [0.25, 0.3) is 0 Å². The molecule has 1 aliphatic heterocycles. The van der Waals surface area contributed by atoms with Gasteiger partial charge in [-0.25, -0.2) is 0 Å². The zero-order valence-corrected chi connectivity index (χ0v) is 8.52. The number of hydrogen-bond donors (Lipinski definition) is 0. The van der Waals surface area contributed by atoms with Crippen molar-refractivity contribution in [2.24, 2.45) is 0 Å². The van der Waals surface area contributed by atoms with Crippen molar-refractivity contribution in [3.63, 3.8) is 0 Å². The number of aryl methyl sites for hydroxylation is 1. The van der Waals surface area contributed by atoms with Crippen LogP contribution in [-0.2, 0) is 6.42 Å². The molecule has 2 rings (SSSR count). The summed E-state index contributed by atoms with van der Waals surface area (Å²) in [6, 6.07) is 8.71. The average molecular weight is 190 g/mol. The standard InChI is InChI=1S/C12H14S/c1-2-10-3-5-11(6-4-10)7-8-12-9-13-12/h2-6,12H,1,7-9H2. The molecule has 1 fully saturated rings. The molecule has 0 aromatic heterocycles. The maximum atomic E-state index is 3.74. The highest BCUT2D eigenvalue weighted by molar-refractivity contribution is 8.06. The first-order valence-corrected chi connectivity index (χ1v) is 5.76. The molecule has 0 amide bonds. The largest absolute Gasteiger partial charge is 0.157 e. The zero-order chi connectivity index (χ0) is 9.10. The molecule has 68 valence electrons. The number of thioether (sulfide) groups is 1. The third-order valence-corrected chi connectivity index (χ3v) is 3.41. The van der Waals surface area contributed by atoms with Crippen molar-refractivity contribution in [3.8, 4) is 0 Å². The van der Waals surface area contributed by atoms with Gasteiger partial charge in [0, 0.05) is 11.0 Å². The van der Waals surface area contributed by atoms with Gasteiger partial charge in [0.2, 0.25) is 0 Å². The summed E-state index contributed by atoms with van der Waals surface area (Å²) in [6.07, 6.45) is 4.47.